The minimum absolute atomic E-state index is 0.861. The zero-order valence-electron chi connectivity index (χ0n) is 9.07. The second-order valence-electron chi connectivity index (χ2n) is 3.03. The summed E-state index contributed by atoms with van der Waals surface area (Å²) in [5, 5.41) is 0. The van der Waals surface area contributed by atoms with Gasteiger partial charge in [0.25, 0.3) is 0 Å². The molecule has 68 valence electrons. The summed E-state index contributed by atoms with van der Waals surface area (Å²) in [4.78, 5) is 0. The number of hydrogen-bond acceptors (Lipinski definition) is 0. The molecule has 0 aliphatic rings. The molecule has 0 heteroatoms. The van der Waals surface area contributed by atoms with Gasteiger partial charge in [-0.25, -0.2) is 0 Å². The van der Waals surface area contributed by atoms with Crippen molar-refractivity contribution in [2.24, 2.45) is 5.92 Å². The van der Waals surface area contributed by atoms with E-state index in [0.29, 0.717) is 0 Å². The van der Waals surface area contributed by atoms with E-state index >= 15 is 0 Å². The van der Waals surface area contributed by atoms with Crippen LogP contribution < -0.4 is 0 Å². The van der Waals surface area contributed by atoms with Gasteiger partial charge in [0.15, 0.2) is 0 Å². The van der Waals surface area contributed by atoms with Gasteiger partial charge in [-0.3, -0.25) is 0 Å². The maximum atomic E-state index is 2.31. The van der Waals surface area contributed by atoms with Crippen molar-refractivity contribution < 1.29 is 0 Å². The molecule has 0 aromatic carbocycles. The first-order valence-electron chi connectivity index (χ1n) is 4.80. The van der Waals surface area contributed by atoms with Crippen LogP contribution in [0.25, 0.3) is 0 Å². The van der Waals surface area contributed by atoms with E-state index in [1.165, 1.54) is 18.4 Å². The van der Waals surface area contributed by atoms with Crippen molar-refractivity contribution in [2.75, 3.05) is 0 Å². The smallest absolute Gasteiger partial charge is 0.0322 e. The second kappa shape index (κ2) is 9.74. The van der Waals surface area contributed by atoms with Gasteiger partial charge in [-0.2, -0.15) is 0 Å². The van der Waals surface area contributed by atoms with Crippen LogP contribution in [0.2, 0.25) is 0 Å². The summed E-state index contributed by atoms with van der Waals surface area (Å²) in [7, 11) is 0. The van der Waals surface area contributed by atoms with Crippen LogP contribution in [0.5, 0.6) is 0 Å². The second-order valence-corrected chi connectivity index (χ2v) is 3.03. The summed E-state index contributed by atoms with van der Waals surface area (Å²) < 4.78 is 0. The van der Waals surface area contributed by atoms with Crippen LogP contribution in [0.3, 0.4) is 0 Å². The van der Waals surface area contributed by atoms with Crippen molar-refractivity contribution in [3.8, 4) is 0 Å². The molecule has 0 saturated heterocycles. The lowest BCUT2D eigenvalue weighted by Gasteiger charge is -2.02. The first kappa shape index (κ1) is 13.3. The van der Waals surface area contributed by atoms with E-state index in [4.69, 9.17) is 0 Å². The van der Waals surface area contributed by atoms with Gasteiger partial charge in [-0.1, -0.05) is 45.8 Å². The fraction of sp³-hybridized carbons (Fsp3) is 0.818. The molecule has 0 aliphatic heterocycles. The number of hydrogen-bond donors (Lipinski definition) is 0. The molecule has 0 spiro atoms. The summed E-state index contributed by atoms with van der Waals surface area (Å²) in [6, 6.07) is 0. The fourth-order valence-electron chi connectivity index (χ4n) is 0.604. The van der Waals surface area contributed by atoms with Gasteiger partial charge in [-0.05, 0) is 26.2 Å². The molecule has 0 bridgehead atoms. The molecular formula is C11H24. The molecule has 0 amide bonds. The largest absolute Gasteiger partial charge is 0.0856 e. The number of allylic oxidation sites excluding steroid dienone is 2. The monoisotopic (exact) mass is 156 g/mol. The maximum absolute atomic E-state index is 2.31. The molecule has 0 heterocycles. The zero-order valence-corrected chi connectivity index (χ0v) is 9.07. The van der Waals surface area contributed by atoms with Crippen molar-refractivity contribution in [2.45, 2.75) is 54.4 Å². The Morgan fingerprint density at radius 1 is 1.27 bits per heavy atom. The van der Waals surface area contributed by atoms with Crippen molar-refractivity contribution in [1.29, 1.82) is 0 Å². The molecule has 0 N–H and O–H groups in total. The Labute approximate surface area is 72.7 Å². The van der Waals surface area contributed by atoms with Crippen molar-refractivity contribution >= 4 is 0 Å². The molecule has 0 rings (SSSR count). The van der Waals surface area contributed by atoms with Crippen LogP contribution in [0.4, 0.5) is 0 Å². The lowest BCUT2D eigenvalue weighted by atomic mass is 10.0. The van der Waals surface area contributed by atoms with Crippen LogP contribution in [-0.4, -0.2) is 0 Å². The van der Waals surface area contributed by atoms with Gasteiger partial charge in [0.1, 0.15) is 0 Å². The standard InChI is InChI=1S/C9H18.C2H6/c1-5-9(4)7-6-8(2)3;1-2/h6,9H,5,7H2,1-4H3;1-2H3. The molecule has 0 aliphatic carbocycles. The summed E-state index contributed by atoms with van der Waals surface area (Å²) in [5.41, 5.74) is 1.44. The Balaban J connectivity index is 0. The molecule has 0 saturated carbocycles. The first-order chi connectivity index (χ1) is 5.16. The van der Waals surface area contributed by atoms with Gasteiger partial charge >= 0.3 is 0 Å². The highest BCUT2D eigenvalue weighted by Crippen LogP contribution is 2.08. The van der Waals surface area contributed by atoms with E-state index in [1.54, 1.807) is 0 Å². The van der Waals surface area contributed by atoms with Gasteiger partial charge < -0.3 is 0 Å². The Kier molecular flexibility index (Phi) is 11.8. The fourth-order valence-corrected chi connectivity index (χ4v) is 0.604. The van der Waals surface area contributed by atoms with Gasteiger partial charge in [0, 0.05) is 0 Å². The average molecular weight is 156 g/mol. The lowest BCUT2D eigenvalue weighted by molar-refractivity contribution is 0.570. The Morgan fingerprint density at radius 2 is 1.73 bits per heavy atom. The van der Waals surface area contributed by atoms with Crippen LogP contribution in [0, 0.1) is 5.92 Å². The highest BCUT2D eigenvalue weighted by Gasteiger charge is 1.93. The Hall–Kier alpha value is -0.260. The molecule has 11 heavy (non-hydrogen) atoms. The van der Waals surface area contributed by atoms with Crippen molar-refractivity contribution in [3.63, 3.8) is 0 Å². The summed E-state index contributed by atoms with van der Waals surface area (Å²) in [6.45, 7) is 12.8. The molecule has 0 nitrogen and oxygen atoms in total. The predicted octanol–water partition coefficient (Wildman–Crippen LogP) is 4.42. The van der Waals surface area contributed by atoms with Crippen molar-refractivity contribution in [1.82, 2.24) is 0 Å². The molecule has 1 unspecified atom stereocenters. The van der Waals surface area contributed by atoms with Crippen LogP contribution in [0.1, 0.15) is 54.4 Å². The van der Waals surface area contributed by atoms with Gasteiger partial charge in [0.2, 0.25) is 0 Å². The minimum Gasteiger partial charge on any atom is -0.0856 e. The van der Waals surface area contributed by atoms with Gasteiger partial charge in [-0.15, -0.1) is 0 Å². The van der Waals surface area contributed by atoms with Gasteiger partial charge in [0.05, 0.1) is 0 Å². The Bertz CT molecular complexity index is 86.2. The van der Waals surface area contributed by atoms with E-state index in [0.717, 1.165) is 5.92 Å². The van der Waals surface area contributed by atoms with E-state index in [1.807, 2.05) is 13.8 Å². The Morgan fingerprint density at radius 3 is 2.00 bits per heavy atom. The predicted molar refractivity (Wildman–Crippen MR) is 54.9 cm³/mol. The van der Waals surface area contributed by atoms with Crippen LogP contribution >= 0.6 is 0 Å². The summed E-state index contributed by atoms with van der Waals surface area (Å²) in [5.74, 6) is 0.861. The van der Waals surface area contributed by atoms with E-state index in [2.05, 4.69) is 33.8 Å². The number of rotatable bonds is 3. The topological polar surface area (TPSA) is 0 Å². The summed E-state index contributed by atoms with van der Waals surface area (Å²) in [6.07, 6.45) is 4.86. The highest BCUT2D eigenvalue weighted by molar-refractivity contribution is 4.93. The van der Waals surface area contributed by atoms with Crippen molar-refractivity contribution in [3.05, 3.63) is 11.6 Å². The van der Waals surface area contributed by atoms with E-state index < -0.39 is 0 Å². The molecule has 0 aromatic rings. The highest BCUT2D eigenvalue weighted by atomic mass is 14.0. The molecule has 0 fully saturated rings. The molecular weight excluding hydrogens is 132 g/mol. The molecule has 0 radical (unpaired) electrons. The first-order valence-corrected chi connectivity index (χ1v) is 4.80. The molecule has 0 aromatic heterocycles. The van der Waals surface area contributed by atoms with Crippen LogP contribution in [0.15, 0.2) is 11.6 Å². The van der Waals surface area contributed by atoms with Crippen LogP contribution in [-0.2, 0) is 0 Å². The maximum Gasteiger partial charge on any atom is -0.0322 e. The quantitative estimate of drug-likeness (QED) is 0.531. The third-order valence-corrected chi connectivity index (χ3v) is 1.63. The minimum atomic E-state index is 0.861. The van der Waals surface area contributed by atoms with E-state index in [-0.39, 0.29) is 0 Å². The zero-order chi connectivity index (χ0) is 9.28. The third kappa shape index (κ3) is 12.8. The SMILES string of the molecule is CC.CCC(C)CC=C(C)C. The lowest BCUT2D eigenvalue weighted by Crippen LogP contribution is -1.88. The third-order valence-electron chi connectivity index (χ3n) is 1.63. The summed E-state index contributed by atoms with van der Waals surface area (Å²) >= 11 is 0. The van der Waals surface area contributed by atoms with E-state index in [9.17, 15) is 0 Å². The normalized spacial score (nSPS) is 11.1. The average Bonchev–Trinajstić information content (AvgIpc) is 2.04. The molecule has 1 atom stereocenters.